The number of nitrogens with two attached hydrogens (primary N) is 1. The number of allylic oxidation sites excluding steroid dienone is 1. The van der Waals surface area contributed by atoms with E-state index in [2.05, 4.69) is 11.1 Å². The van der Waals surface area contributed by atoms with Gasteiger partial charge < -0.3 is 15.6 Å². The summed E-state index contributed by atoms with van der Waals surface area (Å²) in [4.78, 5) is 4.06. The first-order chi connectivity index (χ1) is 9.72. The van der Waals surface area contributed by atoms with Gasteiger partial charge in [0.25, 0.3) is 0 Å². The molecule has 0 bridgehead atoms. The van der Waals surface area contributed by atoms with Crippen molar-refractivity contribution in [2.75, 3.05) is 0 Å². The molecule has 0 spiro atoms. The van der Waals surface area contributed by atoms with Crippen molar-refractivity contribution in [3.8, 4) is 17.6 Å². The van der Waals surface area contributed by atoms with Crippen LogP contribution in [0.4, 0.5) is 0 Å². The lowest BCUT2D eigenvalue weighted by atomic mass is 9.84. The zero-order valence-corrected chi connectivity index (χ0v) is 10.4. The largest absolute Gasteiger partial charge is 0.507 e. The number of nitriles is 1. The Labute approximate surface area is 115 Å². The molecule has 20 heavy (non-hydrogen) atoms. The number of phenolic OH excluding ortho intramolecular Hbond substituents is 1. The molecule has 1 aromatic heterocycles. The summed E-state index contributed by atoms with van der Waals surface area (Å²) in [6.45, 7) is 0. The second-order valence-electron chi connectivity index (χ2n) is 4.40. The van der Waals surface area contributed by atoms with E-state index in [1.54, 1.807) is 36.7 Å². The molecule has 0 aliphatic carbocycles. The van der Waals surface area contributed by atoms with Gasteiger partial charge in [-0.05, 0) is 23.8 Å². The third kappa shape index (κ3) is 1.75. The average Bonchev–Trinajstić information content (AvgIpc) is 2.47. The fourth-order valence-corrected chi connectivity index (χ4v) is 2.37. The second kappa shape index (κ2) is 4.59. The molecule has 98 valence electrons. The van der Waals surface area contributed by atoms with Gasteiger partial charge in [-0.25, -0.2) is 0 Å². The topological polar surface area (TPSA) is 92.2 Å². The molecule has 0 radical (unpaired) electrons. The Morgan fingerprint density at radius 1 is 1.30 bits per heavy atom. The molecule has 1 aromatic carbocycles. The van der Waals surface area contributed by atoms with Gasteiger partial charge in [-0.2, -0.15) is 5.26 Å². The van der Waals surface area contributed by atoms with Crippen LogP contribution in [0.25, 0.3) is 0 Å². The quantitative estimate of drug-likeness (QED) is 0.822. The van der Waals surface area contributed by atoms with Crippen LogP contribution in [0.2, 0.25) is 0 Å². The van der Waals surface area contributed by atoms with E-state index >= 15 is 0 Å². The number of pyridine rings is 1. The maximum Gasteiger partial charge on any atom is 0.205 e. The molecule has 3 N–H and O–H groups in total. The van der Waals surface area contributed by atoms with Gasteiger partial charge in [0.1, 0.15) is 23.1 Å². The number of ether oxygens (including phenoxy) is 1. The van der Waals surface area contributed by atoms with Gasteiger partial charge in [0.2, 0.25) is 5.88 Å². The maximum atomic E-state index is 10.1. The summed E-state index contributed by atoms with van der Waals surface area (Å²) in [5.41, 5.74) is 7.39. The molecule has 1 aliphatic rings. The summed E-state index contributed by atoms with van der Waals surface area (Å²) in [5, 5.41) is 19.5. The van der Waals surface area contributed by atoms with Crippen molar-refractivity contribution in [2.24, 2.45) is 5.73 Å². The zero-order valence-electron chi connectivity index (χ0n) is 10.4. The monoisotopic (exact) mass is 265 g/mol. The standard InChI is InChI=1S/C15H11N3O2/c16-7-10-13(9-3-2-6-18-8-9)14-11(19)4-1-5-12(14)20-15(10)17/h1-6,8,13,19H,17H2. The average molecular weight is 265 g/mol. The number of benzene rings is 1. The molecule has 2 heterocycles. The normalized spacial score (nSPS) is 17.1. The third-order valence-corrected chi connectivity index (χ3v) is 3.24. The van der Waals surface area contributed by atoms with Crippen molar-refractivity contribution in [3.63, 3.8) is 0 Å². The van der Waals surface area contributed by atoms with E-state index in [0.29, 0.717) is 11.3 Å². The zero-order chi connectivity index (χ0) is 14.1. The summed E-state index contributed by atoms with van der Waals surface area (Å²) in [7, 11) is 0. The molecular weight excluding hydrogens is 254 g/mol. The second-order valence-corrected chi connectivity index (χ2v) is 4.40. The van der Waals surface area contributed by atoms with Gasteiger partial charge >= 0.3 is 0 Å². The van der Waals surface area contributed by atoms with Crippen molar-refractivity contribution in [1.29, 1.82) is 5.26 Å². The molecule has 1 atom stereocenters. The number of rotatable bonds is 1. The number of phenols is 1. The van der Waals surface area contributed by atoms with Crippen LogP contribution in [0.5, 0.6) is 11.5 Å². The molecule has 0 amide bonds. The van der Waals surface area contributed by atoms with Gasteiger partial charge in [0, 0.05) is 18.0 Å². The fourth-order valence-electron chi connectivity index (χ4n) is 2.37. The van der Waals surface area contributed by atoms with Crippen LogP contribution < -0.4 is 10.5 Å². The summed E-state index contributed by atoms with van der Waals surface area (Å²) in [6, 6.07) is 10.6. The number of hydrogen-bond acceptors (Lipinski definition) is 5. The molecule has 3 rings (SSSR count). The van der Waals surface area contributed by atoms with Crippen LogP contribution in [-0.2, 0) is 0 Å². The maximum absolute atomic E-state index is 10.1. The molecule has 1 unspecified atom stereocenters. The molecule has 0 saturated heterocycles. The van der Waals surface area contributed by atoms with Gasteiger partial charge in [-0.1, -0.05) is 12.1 Å². The van der Waals surface area contributed by atoms with Crippen LogP contribution in [0.3, 0.4) is 0 Å². The number of hydrogen-bond donors (Lipinski definition) is 2. The summed E-state index contributed by atoms with van der Waals surface area (Å²) in [6.07, 6.45) is 3.30. The highest BCUT2D eigenvalue weighted by molar-refractivity contribution is 5.59. The Balaban J connectivity index is 2.28. The number of aromatic nitrogens is 1. The molecule has 2 aromatic rings. The molecular formula is C15H11N3O2. The lowest BCUT2D eigenvalue weighted by Crippen LogP contribution is -2.21. The van der Waals surface area contributed by atoms with Gasteiger partial charge in [0.15, 0.2) is 0 Å². The van der Waals surface area contributed by atoms with Gasteiger partial charge in [-0.15, -0.1) is 0 Å². The summed E-state index contributed by atoms with van der Waals surface area (Å²) in [5.74, 6) is 0.102. The number of nitrogens with zero attached hydrogens (tertiary/aromatic N) is 2. The van der Waals surface area contributed by atoms with Crippen LogP contribution in [0, 0.1) is 11.3 Å². The van der Waals surface area contributed by atoms with Crippen LogP contribution >= 0.6 is 0 Å². The Hall–Kier alpha value is -3.00. The highest BCUT2D eigenvalue weighted by Gasteiger charge is 2.32. The Morgan fingerprint density at radius 2 is 2.15 bits per heavy atom. The lowest BCUT2D eigenvalue weighted by Gasteiger charge is -2.26. The van der Waals surface area contributed by atoms with Crippen molar-refractivity contribution in [3.05, 3.63) is 65.3 Å². The van der Waals surface area contributed by atoms with E-state index in [1.165, 1.54) is 0 Å². The van der Waals surface area contributed by atoms with E-state index < -0.39 is 5.92 Å². The minimum atomic E-state index is -0.473. The smallest absolute Gasteiger partial charge is 0.205 e. The van der Waals surface area contributed by atoms with E-state index in [9.17, 15) is 10.4 Å². The Morgan fingerprint density at radius 3 is 2.85 bits per heavy atom. The first kappa shape index (κ1) is 12.1. The highest BCUT2D eigenvalue weighted by Crippen LogP contribution is 2.45. The molecule has 5 nitrogen and oxygen atoms in total. The fraction of sp³-hybridized carbons (Fsp3) is 0.0667. The lowest BCUT2D eigenvalue weighted by molar-refractivity contribution is 0.382. The van der Waals surface area contributed by atoms with Crippen molar-refractivity contribution in [2.45, 2.75) is 5.92 Å². The van der Waals surface area contributed by atoms with Crippen LogP contribution in [0.1, 0.15) is 17.0 Å². The minimum absolute atomic E-state index is 0.0550. The Bertz CT molecular complexity index is 733. The van der Waals surface area contributed by atoms with Gasteiger partial charge in [-0.3, -0.25) is 4.98 Å². The van der Waals surface area contributed by atoms with E-state index in [1.807, 2.05) is 6.07 Å². The predicted octanol–water partition coefficient (Wildman–Crippen LogP) is 2.01. The molecule has 1 aliphatic heterocycles. The van der Waals surface area contributed by atoms with E-state index in [-0.39, 0.29) is 17.2 Å². The first-order valence-corrected chi connectivity index (χ1v) is 6.01. The third-order valence-electron chi connectivity index (χ3n) is 3.24. The predicted molar refractivity (Wildman–Crippen MR) is 71.6 cm³/mol. The van der Waals surface area contributed by atoms with Crippen molar-refractivity contribution < 1.29 is 9.84 Å². The van der Waals surface area contributed by atoms with Crippen molar-refractivity contribution >= 4 is 0 Å². The summed E-state index contributed by atoms with van der Waals surface area (Å²) < 4.78 is 5.42. The molecule has 0 fully saturated rings. The van der Waals surface area contributed by atoms with Gasteiger partial charge in [0.05, 0.1) is 5.92 Å². The highest BCUT2D eigenvalue weighted by atomic mass is 16.5. The minimum Gasteiger partial charge on any atom is -0.507 e. The van der Waals surface area contributed by atoms with Crippen molar-refractivity contribution in [1.82, 2.24) is 4.98 Å². The van der Waals surface area contributed by atoms with Crippen LogP contribution in [-0.4, -0.2) is 10.1 Å². The van der Waals surface area contributed by atoms with E-state index in [0.717, 1.165) is 5.56 Å². The number of fused-ring (bicyclic) bond motifs is 1. The Kier molecular flexibility index (Phi) is 2.77. The van der Waals surface area contributed by atoms with Crippen LogP contribution in [0.15, 0.2) is 54.2 Å². The first-order valence-electron chi connectivity index (χ1n) is 6.01. The SMILES string of the molecule is N#CC1=C(N)Oc2cccc(O)c2C1c1cccnc1. The van der Waals surface area contributed by atoms with E-state index in [4.69, 9.17) is 10.5 Å². The number of aromatic hydroxyl groups is 1. The summed E-state index contributed by atoms with van der Waals surface area (Å²) >= 11 is 0. The molecule has 0 saturated carbocycles. The molecule has 5 heteroatoms.